The summed E-state index contributed by atoms with van der Waals surface area (Å²) in [5.41, 5.74) is 1.64. The number of benzene rings is 2. The van der Waals surface area contributed by atoms with E-state index in [1.165, 1.54) is 0 Å². The van der Waals surface area contributed by atoms with Crippen LogP contribution < -0.4 is 0 Å². The summed E-state index contributed by atoms with van der Waals surface area (Å²) in [6.07, 6.45) is 2.05. The van der Waals surface area contributed by atoms with Crippen molar-refractivity contribution in [2.24, 2.45) is 0 Å². The highest BCUT2D eigenvalue weighted by atomic mass is 16.3. The van der Waals surface area contributed by atoms with Crippen molar-refractivity contribution in [1.29, 1.82) is 0 Å². The number of aliphatic hydroxyl groups is 1. The van der Waals surface area contributed by atoms with Gasteiger partial charge in [0.15, 0.2) is 0 Å². The summed E-state index contributed by atoms with van der Waals surface area (Å²) in [5.74, 6) is 0.0726. The van der Waals surface area contributed by atoms with Crippen molar-refractivity contribution in [3.05, 3.63) is 71.8 Å². The van der Waals surface area contributed by atoms with Gasteiger partial charge in [-0.15, -0.1) is 0 Å². The van der Waals surface area contributed by atoms with Gasteiger partial charge in [-0.05, 0) is 37.0 Å². The molecule has 2 aromatic carbocycles. The Labute approximate surface area is 131 Å². The van der Waals surface area contributed by atoms with Gasteiger partial charge in [0.2, 0.25) is 0 Å². The molecule has 1 fully saturated rings. The second-order valence-electron chi connectivity index (χ2n) is 5.82. The molecule has 22 heavy (non-hydrogen) atoms. The zero-order valence-electron chi connectivity index (χ0n) is 12.6. The Morgan fingerprint density at radius 1 is 1.09 bits per heavy atom. The second-order valence-corrected chi connectivity index (χ2v) is 5.82. The topological polar surface area (TPSA) is 40.5 Å². The number of likely N-dealkylation sites (tertiary alicyclic amines) is 1. The summed E-state index contributed by atoms with van der Waals surface area (Å²) in [5, 5.41) is 10.4. The quantitative estimate of drug-likeness (QED) is 0.939. The van der Waals surface area contributed by atoms with Gasteiger partial charge in [0, 0.05) is 18.2 Å². The Kier molecular flexibility index (Phi) is 4.54. The van der Waals surface area contributed by atoms with Crippen molar-refractivity contribution in [2.75, 3.05) is 6.54 Å². The molecule has 1 heterocycles. The summed E-state index contributed by atoms with van der Waals surface area (Å²) < 4.78 is 0. The Morgan fingerprint density at radius 2 is 1.73 bits per heavy atom. The highest BCUT2D eigenvalue weighted by molar-refractivity contribution is 5.94. The van der Waals surface area contributed by atoms with E-state index in [0.717, 1.165) is 30.5 Å². The molecule has 0 spiro atoms. The molecule has 114 valence electrons. The SMILES string of the molecule is O=C(c1ccccc1)N1CCCC1CC(O)c1ccccc1. The van der Waals surface area contributed by atoms with E-state index in [4.69, 9.17) is 0 Å². The van der Waals surface area contributed by atoms with E-state index >= 15 is 0 Å². The minimum absolute atomic E-state index is 0.0726. The molecule has 0 radical (unpaired) electrons. The molecule has 1 aliphatic heterocycles. The van der Waals surface area contributed by atoms with Crippen molar-refractivity contribution >= 4 is 5.91 Å². The normalized spacial score (nSPS) is 19.1. The predicted octanol–water partition coefficient (Wildman–Crippen LogP) is 3.41. The summed E-state index contributed by atoms with van der Waals surface area (Å²) in [6.45, 7) is 0.778. The standard InChI is InChI=1S/C19H21NO2/c21-18(15-8-3-1-4-9-15)14-17-12-7-13-20(17)19(22)16-10-5-2-6-11-16/h1-6,8-11,17-18,21H,7,12-14H2. The van der Waals surface area contributed by atoms with Gasteiger partial charge < -0.3 is 10.0 Å². The minimum atomic E-state index is -0.518. The smallest absolute Gasteiger partial charge is 0.254 e. The van der Waals surface area contributed by atoms with Crippen LogP contribution in [-0.4, -0.2) is 28.5 Å². The summed E-state index contributed by atoms with van der Waals surface area (Å²) in [6, 6.07) is 19.2. The highest BCUT2D eigenvalue weighted by Gasteiger charge is 2.31. The van der Waals surface area contributed by atoms with Crippen LogP contribution in [0.4, 0.5) is 0 Å². The Hall–Kier alpha value is -2.13. The number of carbonyl (C=O) groups excluding carboxylic acids is 1. The van der Waals surface area contributed by atoms with Gasteiger partial charge in [0.05, 0.1) is 6.10 Å². The third-order valence-electron chi connectivity index (χ3n) is 4.34. The maximum Gasteiger partial charge on any atom is 0.254 e. The lowest BCUT2D eigenvalue weighted by atomic mass is 10.00. The lowest BCUT2D eigenvalue weighted by Gasteiger charge is -2.27. The van der Waals surface area contributed by atoms with E-state index in [-0.39, 0.29) is 11.9 Å². The number of carbonyl (C=O) groups is 1. The van der Waals surface area contributed by atoms with E-state index in [2.05, 4.69) is 0 Å². The molecular weight excluding hydrogens is 274 g/mol. The van der Waals surface area contributed by atoms with Gasteiger partial charge in [0.1, 0.15) is 0 Å². The van der Waals surface area contributed by atoms with Gasteiger partial charge in [0.25, 0.3) is 5.91 Å². The fourth-order valence-electron chi connectivity index (χ4n) is 3.16. The summed E-state index contributed by atoms with van der Waals surface area (Å²) in [4.78, 5) is 14.5. The Balaban J connectivity index is 1.70. The average Bonchev–Trinajstić information content (AvgIpc) is 3.04. The molecule has 1 N–H and O–H groups in total. The molecule has 2 atom stereocenters. The number of amides is 1. The van der Waals surface area contributed by atoms with Crippen LogP contribution in [0.15, 0.2) is 60.7 Å². The molecule has 0 bridgehead atoms. The van der Waals surface area contributed by atoms with Crippen LogP contribution in [0.2, 0.25) is 0 Å². The van der Waals surface area contributed by atoms with Crippen LogP contribution in [0, 0.1) is 0 Å². The summed E-state index contributed by atoms with van der Waals surface area (Å²) in [7, 11) is 0. The first-order valence-corrected chi connectivity index (χ1v) is 7.85. The third kappa shape index (κ3) is 3.20. The molecule has 3 rings (SSSR count). The predicted molar refractivity (Wildman–Crippen MR) is 86.5 cm³/mol. The zero-order valence-corrected chi connectivity index (χ0v) is 12.6. The van der Waals surface area contributed by atoms with Crippen molar-refractivity contribution in [3.8, 4) is 0 Å². The highest BCUT2D eigenvalue weighted by Crippen LogP contribution is 2.28. The Morgan fingerprint density at radius 3 is 2.41 bits per heavy atom. The number of nitrogens with zero attached hydrogens (tertiary/aromatic N) is 1. The van der Waals surface area contributed by atoms with E-state index < -0.39 is 6.10 Å². The molecule has 0 saturated carbocycles. The van der Waals surface area contributed by atoms with E-state index in [1.54, 1.807) is 0 Å². The number of hydrogen-bond donors (Lipinski definition) is 1. The van der Waals surface area contributed by atoms with Crippen LogP contribution >= 0.6 is 0 Å². The fraction of sp³-hybridized carbons (Fsp3) is 0.316. The molecule has 1 saturated heterocycles. The minimum Gasteiger partial charge on any atom is -0.388 e. The first-order chi connectivity index (χ1) is 10.8. The molecule has 1 aliphatic rings. The van der Waals surface area contributed by atoms with Gasteiger partial charge in [-0.2, -0.15) is 0 Å². The number of hydrogen-bond acceptors (Lipinski definition) is 2. The Bertz CT molecular complexity index is 612. The molecule has 0 aliphatic carbocycles. The van der Waals surface area contributed by atoms with Gasteiger partial charge in [-0.1, -0.05) is 48.5 Å². The number of rotatable bonds is 4. The first kappa shape index (κ1) is 14.8. The third-order valence-corrected chi connectivity index (χ3v) is 4.34. The largest absolute Gasteiger partial charge is 0.388 e. The molecule has 3 nitrogen and oxygen atoms in total. The van der Waals surface area contributed by atoms with Crippen molar-refractivity contribution in [3.63, 3.8) is 0 Å². The van der Waals surface area contributed by atoms with Crippen LogP contribution in [0.5, 0.6) is 0 Å². The van der Waals surface area contributed by atoms with E-state index in [1.807, 2.05) is 65.6 Å². The van der Waals surface area contributed by atoms with Crippen LogP contribution in [-0.2, 0) is 0 Å². The monoisotopic (exact) mass is 295 g/mol. The van der Waals surface area contributed by atoms with Gasteiger partial charge in [-0.3, -0.25) is 4.79 Å². The summed E-state index contributed by atoms with van der Waals surface area (Å²) >= 11 is 0. The maximum atomic E-state index is 12.6. The van der Waals surface area contributed by atoms with Crippen LogP contribution in [0.3, 0.4) is 0 Å². The zero-order chi connectivity index (χ0) is 15.4. The molecular formula is C19H21NO2. The number of aliphatic hydroxyl groups excluding tert-OH is 1. The molecule has 3 heteroatoms. The van der Waals surface area contributed by atoms with E-state index in [0.29, 0.717) is 6.42 Å². The molecule has 2 aromatic rings. The average molecular weight is 295 g/mol. The van der Waals surface area contributed by atoms with Crippen LogP contribution in [0.25, 0.3) is 0 Å². The molecule has 2 unspecified atom stereocenters. The lowest BCUT2D eigenvalue weighted by molar-refractivity contribution is 0.0667. The van der Waals surface area contributed by atoms with Crippen molar-refractivity contribution in [2.45, 2.75) is 31.4 Å². The van der Waals surface area contributed by atoms with Gasteiger partial charge >= 0.3 is 0 Å². The van der Waals surface area contributed by atoms with Gasteiger partial charge in [-0.25, -0.2) is 0 Å². The second kappa shape index (κ2) is 6.75. The van der Waals surface area contributed by atoms with Crippen molar-refractivity contribution < 1.29 is 9.90 Å². The fourth-order valence-corrected chi connectivity index (χ4v) is 3.16. The molecule has 0 aromatic heterocycles. The maximum absolute atomic E-state index is 12.6. The van der Waals surface area contributed by atoms with E-state index in [9.17, 15) is 9.90 Å². The molecule has 1 amide bonds. The van der Waals surface area contributed by atoms with Crippen LogP contribution in [0.1, 0.15) is 41.3 Å². The first-order valence-electron chi connectivity index (χ1n) is 7.85. The lowest BCUT2D eigenvalue weighted by Crippen LogP contribution is -2.36. The van der Waals surface area contributed by atoms with Crippen molar-refractivity contribution in [1.82, 2.24) is 4.90 Å².